The largest absolute Gasteiger partial charge is 0.465 e. The van der Waals surface area contributed by atoms with E-state index in [1.807, 2.05) is 25.1 Å². The number of aromatic nitrogens is 6. The number of aryl methyl sites for hydroxylation is 1. The fourth-order valence-corrected chi connectivity index (χ4v) is 4.75. The van der Waals surface area contributed by atoms with Gasteiger partial charge in [0.05, 0.1) is 19.0 Å². The van der Waals surface area contributed by atoms with Crippen molar-refractivity contribution < 1.29 is 9.53 Å². The zero-order valence-electron chi connectivity index (χ0n) is 16.9. The van der Waals surface area contributed by atoms with Crippen molar-refractivity contribution in [3.63, 3.8) is 0 Å². The number of methoxy groups -OCH3 is 1. The van der Waals surface area contributed by atoms with Crippen molar-refractivity contribution in [3.05, 3.63) is 70.2 Å². The van der Waals surface area contributed by atoms with Gasteiger partial charge in [0.1, 0.15) is 10.4 Å². The minimum Gasteiger partial charge on any atom is -0.465 e. The summed E-state index contributed by atoms with van der Waals surface area (Å²) < 4.78 is 6.95. The predicted molar refractivity (Wildman–Crippen MR) is 118 cm³/mol. The SMILES string of the molecule is COC(=O)c1sc(C)c2c1ncn2Cc1ccc(-c2ccccc2-c2nnn[nH]2)cc1. The Balaban J connectivity index is 1.45. The average Bonchev–Trinajstić information content (AvgIpc) is 3.54. The van der Waals surface area contributed by atoms with Crippen LogP contribution in [0.15, 0.2) is 54.9 Å². The molecule has 0 bridgehead atoms. The number of tetrazole rings is 1. The maximum Gasteiger partial charge on any atom is 0.350 e. The van der Waals surface area contributed by atoms with Crippen LogP contribution in [0.4, 0.5) is 0 Å². The van der Waals surface area contributed by atoms with Gasteiger partial charge in [-0.3, -0.25) is 0 Å². The van der Waals surface area contributed by atoms with Crippen LogP contribution in [0.2, 0.25) is 0 Å². The molecule has 9 heteroatoms. The zero-order valence-corrected chi connectivity index (χ0v) is 17.7. The number of carbonyl (C=O) groups is 1. The normalized spacial score (nSPS) is 11.2. The number of imidazole rings is 1. The summed E-state index contributed by atoms with van der Waals surface area (Å²) in [7, 11) is 1.39. The maximum absolute atomic E-state index is 12.0. The Kier molecular flexibility index (Phi) is 4.79. The molecule has 1 N–H and O–H groups in total. The number of rotatable bonds is 5. The first-order valence-corrected chi connectivity index (χ1v) is 10.4. The highest BCUT2D eigenvalue weighted by Gasteiger charge is 2.20. The minimum atomic E-state index is -0.349. The predicted octanol–water partition coefficient (Wildman–Crippen LogP) is 4.09. The molecule has 0 saturated heterocycles. The van der Waals surface area contributed by atoms with Crippen molar-refractivity contribution in [2.75, 3.05) is 7.11 Å². The van der Waals surface area contributed by atoms with Gasteiger partial charge in [-0.15, -0.1) is 16.4 Å². The molecule has 0 atom stereocenters. The molecule has 0 aliphatic rings. The van der Waals surface area contributed by atoms with Crippen LogP contribution in [-0.4, -0.2) is 43.3 Å². The molecular weight excluding hydrogens is 412 g/mol. The summed E-state index contributed by atoms with van der Waals surface area (Å²) in [6.07, 6.45) is 1.77. The third-order valence-corrected chi connectivity index (χ3v) is 6.22. The Morgan fingerprint density at radius 3 is 2.61 bits per heavy atom. The molecule has 0 amide bonds. The fraction of sp³-hybridized carbons (Fsp3) is 0.136. The van der Waals surface area contributed by atoms with E-state index in [0.29, 0.717) is 22.8 Å². The number of carbonyl (C=O) groups excluding carboxylic acids is 1. The number of nitrogens with zero attached hydrogens (tertiary/aromatic N) is 5. The monoisotopic (exact) mass is 430 g/mol. The number of fused-ring (bicyclic) bond motifs is 1. The molecule has 0 unspecified atom stereocenters. The van der Waals surface area contributed by atoms with Crippen LogP contribution in [0.3, 0.4) is 0 Å². The maximum atomic E-state index is 12.0. The first-order chi connectivity index (χ1) is 15.2. The third-order valence-electron chi connectivity index (χ3n) is 5.16. The van der Waals surface area contributed by atoms with Gasteiger partial charge in [0, 0.05) is 17.0 Å². The van der Waals surface area contributed by atoms with Gasteiger partial charge in [0.2, 0.25) is 0 Å². The molecule has 5 aromatic rings. The van der Waals surface area contributed by atoms with Crippen LogP contribution >= 0.6 is 11.3 Å². The summed E-state index contributed by atoms with van der Waals surface area (Å²) in [5.74, 6) is 0.285. The molecule has 2 aromatic carbocycles. The van der Waals surface area contributed by atoms with Crippen molar-refractivity contribution in [2.45, 2.75) is 13.5 Å². The number of H-pyrrole nitrogens is 1. The first-order valence-electron chi connectivity index (χ1n) is 9.60. The zero-order chi connectivity index (χ0) is 21.4. The summed E-state index contributed by atoms with van der Waals surface area (Å²) in [5, 5.41) is 14.2. The highest BCUT2D eigenvalue weighted by Crippen LogP contribution is 2.32. The smallest absolute Gasteiger partial charge is 0.350 e. The van der Waals surface area contributed by atoms with Crippen LogP contribution in [0, 0.1) is 6.92 Å². The van der Waals surface area contributed by atoms with Crippen molar-refractivity contribution >= 4 is 28.3 Å². The number of aromatic amines is 1. The third kappa shape index (κ3) is 3.38. The lowest BCUT2D eigenvalue weighted by Crippen LogP contribution is -1.98. The van der Waals surface area contributed by atoms with Crippen molar-refractivity contribution in [1.29, 1.82) is 0 Å². The Labute approximate surface area is 181 Å². The molecule has 3 heterocycles. The van der Waals surface area contributed by atoms with Gasteiger partial charge in [-0.05, 0) is 34.0 Å². The molecule has 8 nitrogen and oxygen atoms in total. The molecule has 154 valence electrons. The lowest BCUT2D eigenvalue weighted by molar-refractivity contribution is 0.0608. The molecular formula is C22H18N6O2S. The van der Waals surface area contributed by atoms with Gasteiger partial charge in [-0.2, -0.15) is 0 Å². The Bertz CT molecular complexity index is 1370. The van der Waals surface area contributed by atoms with Crippen molar-refractivity contribution in [1.82, 2.24) is 30.2 Å². The minimum absolute atomic E-state index is 0.349. The second kappa shape index (κ2) is 7.77. The fourth-order valence-electron chi connectivity index (χ4n) is 3.72. The number of hydrogen-bond acceptors (Lipinski definition) is 7. The van der Waals surface area contributed by atoms with Gasteiger partial charge >= 0.3 is 5.97 Å². The average molecular weight is 430 g/mol. The molecule has 0 saturated carbocycles. The highest BCUT2D eigenvalue weighted by molar-refractivity contribution is 7.15. The molecule has 0 spiro atoms. The summed E-state index contributed by atoms with van der Waals surface area (Å²) in [6.45, 7) is 2.65. The van der Waals surface area contributed by atoms with E-state index < -0.39 is 0 Å². The first kappa shape index (κ1) is 19.1. The van der Waals surface area contributed by atoms with E-state index in [-0.39, 0.29) is 5.97 Å². The van der Waals surface area contributed by atoms with E-state index >= 15 is 0 Å². The van der Waals surface area contributed by atoms with E-state index in [2.05, 4.69) is 60.5 Å². The summed E-state index contributed by atoms with van der Waals surface area (Å²) in [6, 6.07) is 16.4. The molecule has 3 aromatic heterocycles. The van der Waals surface area contributed by atoms with E-state index in [4.69, 9.17) is 4.74 Å². The van der Waals surface area contributed by atoms with E-state index in [1.54, 1.807) is 6.33 Å². The summed E-state index contributed by atoms with van der Waals surface area (Å²) >= 11 is 1.41. The number of benzene rings is 2. The van der Waals surface area contributed by atoms with Crippen LogP contribution in [0.5, 0.6) is 0 Å². The Morgan fingerprint density at radius 2 is 1.90 bits per heavy atom. The lowest BCUT2D eigenvalue weighted by Gasteiger charge is -2.09. The topological polar surface area (TPSA) is 98.6 Å². The van der Waals surface area contributed by atoms with Crippen LogP contribution in [0.1, 0.15) is 20.1 Å². The summed E-state index contributed by atoms with van der Waals surface area (Å²) in [4.78, 5) is 18.1. The van der Waals surface area contributed by atoms with Crippen LogP contribution in [0.25, 0.3) is 33.5 Å². The number of nitrogens with one attached hydrogen (secondary N) is 1. The Hall–Kier alpha value is -3.85. The van der Waals surface area contributed by atoms with Crippen molar-refractivity contribution in [3.8, 4) is 22.5 Å². The van der Waals surface area contributed by atoms with E-state index in [0.717, 1.165) is 32.6 Å². The van der Waals surface area contributed by atoms with Gasteiger partial charge in [0.25, 0.3) is 0 Å². The highest BCUT2D eigenvalue weighted by atomic mass is 32.1. The van der Waals surface area contributed by atoms with Crippen molar-refractivity contribution in [2.24, 2.45) is 0 Å². The standard InChI is InChI=1S/C22H18N6O2S/c1-13-19-18(20(31-13)22(29)30-2)23-12-28(19)11-14-7-9-15(10-8-14)16-5-3-4-6-17(16)21-24-26-27-25-21/h3-10,12H,11H2,1-2H3,(H,24,25,26,27). The van der Waals surface area contributed by atoms with Gasteiger partial charge < -0.3 is 9.30 Å². The molecule has 0 aliphatic heterocycles. The molecule has 0 radical (unpaired) electrons. The summed E-state index contributed by atoms with van der Waals surface area (Å²) in [5.41, 5.74) is 5.87. The number of esters is 1. The van der Waals surface area contributed by atoms with Crippen LogP contribution < -0.4 is 0 Å². The molecule has 31 heavy (non-hydrogen) atoms. The van der Waals surface area contributed by atoms with E-state index in [1.165, 1.54) is 18.4 Å². The molecule has 0 aliphatic carbocycles. The van der Waals surface area contributed by atoms with Crippen LogP contribution in [-0.2, 0) is 11.3 Å². The van der Waals surface area contributed by atoms with E-state index in [9.17, 15) is 4.79 Å². The second-order valence-corrected chi connectivity index (χ2v) is 8.27. The van der Waals surface area contributed by atoms with Gasteiger partial charge in [-0.25, -0.2) is 14.9 Å². The van der Waals surface area contributed by atoms with Gasteiger partial charge in [0.15, 0.2) is 5.82 Å². The lowest BCUT2D eigenvalue weighted by atomic mass is 9.98. The molecule has 0 fully saturated rings. The molecule has 5 rings (SSSR count). The Morgan fingerprint density at radius 1 is 1.13 bits per heavy atom. The quantitative estimate of drug-likeness (QED) is 0.422. The van der Waals surface area contributed by atoms with Gasteiger partial charge in [-0.1, -0.05) is 48.5 Å². The second-order valence-electron chi connectivity index (χ2n) is 7.04. The number of ether oxygens (including phenoxy) is 1. The number of hydrogen-bond donors (Lipinski definition) is 1. The number of thiophene rings is 1.